The minimum atomic E-state index is -0.388. The molecule has 4 nitrogen and oxygen atoms in total. The van der Waals surface area contributed by atoms with Crippen molar-refractivity contribution >= 4 is 15.9 Å². The highest BCUT2D eigenvalue weighted by Gasteiger charge is 2.20. The smallest absolute Gasteiger partial charge is 0.251 e. The Morgan fingerprint density at radius 3 is 2.79 bits per heavy atom. The van der Waals surface area contributed by atoms with Gasteiger partial charge in [-0.05, 0) is 41.0 Å². The Kier molecular flexibility index (Phi) is 4.66. The van der Waals surface area contributed by atoms with Crippen LogP contribution < -0.4 is 5.32 Å². The summed E-state index contributed by atoms with van der Waals surface area (Å²) < 4.78 is 20.0. The maximum absolute atomic E-state index is 13.8. The van der Waals surface area contributed by atoms with Crippen molar-refractivity contribution in [2.45, 2.75) is 26.3 Å². The zero-order chi connectivity index (χ0) is 13.8. The summed E-state index contributed by atoms with van der Waals surface area (Å²) in [7, 11) is 0. The van der Waals surface area contributed by atoms with Crippen LogP contribution in [-0.4, -0.2) is 16.7 Å². The van der Waals surface area contributed by atoms with Gasteiger partial charge in [-0.15, -0.1) is 10.2 Å². The summed E-state index contributed by atoms with van der Waals surface area (Å²) in [6.07, 6.45) is 0.827. The normalized spacial score (nSPS) is 12.6. The van der Waals surface area contributed by atoms with Crippen LogP contribution in [0.15, 0.2) is 27.1 Å². The molecule has 1 unspecified atom stereocenters. The topological polar surface area (TPSA) is 51.0 Å². The van der Waals surface area contributed by atoms with E-state index in [2.05, 4.69) is 31.4 Å². The third-order valence-corrected chi connectivity index (χ3v) is 3.43. The number of nitrogens with one attached hydrogen (secondary N) is 1. The van der Waals surface area contributed by atoms with Gasteiger partial charge in [0.2, 0.25) is 5.89 Å². The second-order valence-electron chi connectivity index (χ2n) is 4.06. The Morgan fingerprint density at radius 2 is 2.16 bits per heavy atom. The Hall–Kier alpha value is -1.27. The number of rotatable bonds is 5. The van der Waals surface area contributed by atoms with Gasteiger partial charge < -0.3 is 9.73 Å². The summed E-state index contributed by atoms with van der Waals surface area (Å²) in [6, 6.07) is 4.72. The van der Waals surface area contributed by atoms with Crippen molar-refractivity contribution in [3.8, 4) is 11.5 Å². The Bertz CT molecular complexity index is 538. The maximum atomic E-state index is 13.8. The average Bonchev–Trinajstić information content (AvgIpc) is 2.85. The van der Waals surface area contributed by atoms with Crippen molar-refractivity contribution in [3.63, 3.8) is 0 Å². The predicted molar refractivity (Wildman–Crippen MR) is 74.1 cm³/mol. The Morgan fingerprint density at radius 1 is 1.37 bits per heavy atom. The van der Waals surface area contributed by atoms with Crippen LogP contribution >= 0.6 is 15.9 Å². The lowest BCUT2D eigenvalue weighted by Gasteiger charge is -2.10. The zero-order valence-corrected chi connectivity index (χ0v) is 12.4. The standard InChI is InChI=1S/C13H15BrFN3O/c1-3-10(16-4-2)12-17-18-13(19-12)11-8(14)6-5-7-9(11)15/h5-7,10,16H,3-4H2,1-2H3. The van der Waals surface area contributed by atoms with Gasteiger partial charge in [0.1, 0.15) is 5.82 Å². The van der Waals surface area contributed by atoms with Crippen LogP contribution in [-0.2, 0) is 0 Å². The summed E-state index contributed by atoms with van der Waals surface area (Å²) in [6.45, 7) is 4.84. The molecule has 102 valence electrons. The van der Waals surface area contributed by atoms with Gasteiger partial charge in [-0.25, -0.2) is 4.39 Å². The van der Waals surface area contributed by atoms with Crippen LogP contribution in [0.5, 0.6) is 0 Å². The molecule has 1 aromatic carbocycles. The van der Waals surface area contributed by atoms with Crippen LogP contribution in [0.1, 0.15) is 32.2 Å². The van der Waals surface area contributed by atoms with Gasteiger partial charge >= 0.3 is 0 Å². The minimum absolute atomic E-state index is 0.00296. The molecule has 0 amide bonds. The number of halogens is 2. The summed E-state index contributed by atoms with van der Waals surface area (Å²) >= 11 is 3.29. The first-order valence-corrected chi connectivity index (χ1v) is 6.97. The van der Waals surface area contributed by atoms with Gasteiger partial charge in [-0.3, -0.25) is 0 Å². The highest BCUT2D eigenvalue weighted by atomic mass is 79.9. The zero-order valence-electron chi connectivity index (χ0n) is 10.8. The van der Waals surface area contributed by atoms with E-state index in [0.29, 0.717) is 15.9 Å². The lowest BCUT2D eigenvalue weighted by atomic mass is 10.2. The first-order chi connectivity index (χ1) is 9.17. The monoisotopic (exact) mass is 327 g/mol. The Balaban J connectivity index is 2.35. The molecule has 0 aliphatic heterocycles. The second kappa shape index (κ2) is 6.25. The van der Waals surface area contributed by atoms with E-state index in [4.69, 9.17) is 4.42 Å². The Labute approximate surface area is 119 Å². The van der Waals surface area contributed by atoms with E-state index in [1.165, 1.54) is 6.07 Å². The molecule has 0 spiro atoms. The minimum Gasteiger partial charge on any atom is -0.419 e. The van der Waals surface area contributed by atoms with E-state index >= 15 is 0 Å². The second-order valence-corrected chi connectivity index (χ2v) is 4.91. The summed E-state index contributed by atoms with van der Waals surface area (Å²) in [5.74, 6) is 0.284. The average molecular weight is 328 g/mol. The summed E-state index contributed by atoms with van der Waals surface area (Å²) in [5, 5.41) is 11.2. The molecule has 0 fully saturated rings. The fourth-order valence-electron chi connectivity index (χ4n) is 1.83. The fraction of sp³-hybridized carbons (Fsp3) is 0.385. The number of benzene rings is 1. The highest BCUT2D eigenvalue weighted by Crippen LogP contribution is 2.30. The van der Waals surface area contributed by atoms with E-state index in [9.17, 15) is 4.39 Å². The van der Waals surface area contributed by atoms with E-state index in [1.807, 2.05) is 13.8 Å². The predicted octanol–water partition coefficient (Wildman–Crippen LogP) is 3.70. The molecule has 0 saturated carbocycles. The third kappa shape index (κ3) is 3.01. The molecule has 1 aromatic heterocycles. The maximum Gasteiger partial charge on any atom is 0.251 e. The van der Waals surface area contributed by atoms with Crippen molar-refractivity contribution < 1.29 is 8.81 Å². The van der Waals surface area contributed by atoms with Crippen LogP contribution in [0, 0.1) is 5.82 Å². The van der Waals surface area contributed by atoms with Gasteiger partial charge in [0.15, 0.2) is 0 Å². The molecular weight excluding hydrogens is 313 g/mol. The van der Waals surface area contributed by atoms with Crippen LogP contribution in [0.4, 0.5) is 4.39 Å². The number of aromatic nitrogens is 2. The van der Waals surface area contributed by atoms with E-state index in [0.717, 1.165) is 13.0 Å². The van der Waals surface area contributed by atoms with E-state index < -0.39 is 0 Å². The fourth-order valence-corrected chi connectivity index (χ4v) is 2.34. The molecule has 1 heterocycles. The van der Waals surface area contributed by atoms with Crippen molar-refractivity contribution in [1.82, 2.24) is 15.5 Å². The van der Waals surface area contributed by atoms with E-state index in [-0.39, 0.29) is 17.7 Å². The quantitative estimate of drug-likeness (QED) is 0.909. The van der Waals surface area contributed by atoms with Crippen molar-refractivity contribution in [3.05, 3.63) is 34.4 Å². The number of hydrogen-bond donors (Lipinski definition) is 1. The van der Waals surface area contributed by atoms with Crippen molar-refractivity contribution in [1.29, 1.82) is 0 Å². The lowest BCUT2D eigenvalue weighted by molar-refractivity contribution is 0.401. The van der Waals surface area contributed by atoms with Crippen LogP contribution in [0.2, 0.25) is 0 Å². The largest absolute Gasteiger partial charge is 0.419 e. The molecular formula is C13H15BrFN3O. The lowest BCUT2D eigenvalue weighted by Crippen LogP contribution is -2.20. The first kappa shape index (κ1) is 14.1. The molecule has 2 rings (SSSR count). The summed E-state index contributed by atoms with van der Waals surface area (Å²) in [5.41, 5.74) is 0.299. The van der Waals surface area contributed by atoms with Gasteiger partial charge in [0.25, 0.3) is 5.89 Å². The molecule has 0 aliphatic carbocycles. The van der Waals surface area contributed by atoms with Crippen LogP contribution in [0.25, 0.3) is 11.5 Å². The molecule has 1 N–H and O–H groups in total. The van der Waals surface area contributed by atoms with Gasteiger partial charge in [0.05, 0.1) is 11.6 Å². The molecule has 19 heavy (non-hydrogen) atoms. The van der Waals surface area contributed by atoms with Crippen molar-refractivity contribution in [2.75, 3.05) is 6.54 Å². The van der Waals surface area contributed by atoms with Crippen LogP contribution in [0.3, 0.4) is 0 Å². The molecule has 0 radical (unpaired) electrons. The summed E-state index contributed by atoms with van der Waals surface area (Å²) in [4.78, 5) is 0. The number of nitrogens with zero attached hydrogens (tertiary/aromatic N) is 2. The molecule has 1 atom stereocenters. The molecule has 0 bridgehead atoms. The third-order valence-electron chi connectivity index (χ3n) is 2.77. The SMILES string of the molecule is CCNC(CC)c1nnc(-c2c(F)cccc2Br)o1. The van der Waals surface area contributed by atoms with Gasteiger partial charge in [0, 0.05) is 4.47 Å². The van der Waals surface area contributed by atoms with E-state index in [1.54, 1.807) is 12.1 Å². The number of hydrogen-bond acceptors (Lipinski definition) is 4. The molecule has 0 saturated heterocycles. The first-order valence-electron chi connectivity index (χ1n) is 6.18. The molecule has 2 aromatic rings. The molecule has 0 aliphatic rings. The van der Waals surface area contributed by atoms with Gasteiger partial charge in [-0.1, -0.05) is 19.9 Å². The molecule has 6 heteroatoms. The van der Waals surface area contributed by atoms with Crippen molar-refractivity contribution in [2.24, 2.45) is 0 Å². The van der Waals surface area contributed by atoms with Gasteiger partial charge in [-0.2, -0.15) is 0 Å². The highest BCUT2D eigenvalue weighted by molar-refractivity contribution is 9.10.